The van der Waals surface area contributed by atoms with E-state index in [0.29, 0.717) is 6.54 Å². The normalized spacial score (nSPS) is 10.5. The molecule has 0 aromatic heterocycles. The summed E-state index contributed by atoms with van der Waals surface area (Å²) in [4.78, 5) is 13.3. The second-order valence-corrected chi connectivity index (χ2v) is 4.43. The van der Waals surface area contributed by atoms with Crippen LogP contribution in [-0.2, 0) is 4.79 Å². The number of anilines is 1. The smallest absolute Gasteiger partial charge is 0.238 e. The summed E-state index contributed by atoms with van der Waals surface area (Å²) >= 11 is 3.32. The number of carbonyl (C=O) groups excluding carboxylic acids is 1. The molecule has 0 saturated carbocycles. The molecule has 5 heteroatoms. The zero-order valence-electron chi connectivity index (χ0n) is 9.11. The van der Waals surface area contributed by atoms with E-state index < -0.39 is 0 Å². The van der Waals surface area contributed by atoms with Crippen LogP contribution in [0.3, 0.4) is 0 Å². The van der Waals surface area contributed by atoms with Crippen molar-refractivity contribution in [3.8, 4) is 0 Å². The minimum Gasteiger partial charge on any atom is -0.395 e. The molecule has 0 aliphatic rings. The highest BCUT2D eigenvalue weighted by Gasteiger charge is 2.05. The van der Waals surface area contributed by atoms with E-state index in [1.54, 1.807) is 11.9 Å². The van der Waals surface area contributed by atoms with Crippen LogP contribution in [0, 0.1) is 0 Å². The number of halogens is 1. The van der Waals surface area contributed by atoms with E-state index in [1.807, 2.05) is 24.3 Å². The van der Waals surface area contributed by atoms with Gasteiger partial charge in [-0.3, -0.25) is 9.69 Å². The molecule has 1 aromatic carbocycles. The Bertz CT molecular complexity index is 340. The maximum absolute atomic E-state index is 11.5. The zero-order valence-corrected chi connectivity index (χ0v) is 10.7. The van der Waals surface area contributed by atoms with Crippen molar-refractivity contribution in [2.45, 2.75) is 0 Å². The number of nitrogens with zero attached hydrogens (tertiary/aromatic N) is 1. The van der Waals surface area contributed by atoms with Crippen LogP contribution in [0.15, 0.2) is 28.7 Å². The van der Waals surface area contributed by atoms with Crippen molar-refractivity contribution < 1.29 is 9.90 Å². The van der Waals surface area contributed by atoms with Gasteiger partial charge in [-0.15, -0.1) is 0 Å². The SMILES string of the molecule is CN(CCO)CC(=O)Nc1ccc(Br)cc1. The lowest BCUT2D eigenvalue weighted by Crippen LogP contribution is -2.32. The number of aliphatic hydroxyl groups excluding tert-OH is 1. The molecule has 4 nitrogen and oxygen atoms in total. The minimum atomic E-state index is -0.0849. The Morgan fingerprint density at radius 1 is 1.44 bits per heavy atom. The van der Waals surface area contributed by atoms with Crippen LogP contribution in [0.1, 0.15) is 0 Å². The average Bonchev–Trinajstić information content (AvgIpc) is 2.21. The maximum atomic E-state index is 11.5. The summed E-state index contributed by atoms with van der Waals surface area (Å²) < 4.78 is 0.975. The Balaban J connectivity index is 2.42. The van der Waals surface area contributed by atoms with Gasteiger partial charge in [0.25, 0.3) is 0 Å². The standard InChI is InChI=1S/C11H15BrN2O2/c1-14(6-7-15)8-11(16)13-10-4-2-9(12)3-5-10/h2-5,15H,6-8H2,1H3,(H,13,16). The van der Waals surface area contributed by atoms with Crippen LogP contribution < -0.4 is 5.32 Å². The predicted octanol–water partition coefficient (Wildman–Crippen LogP) is 1.31. The highest BCUT2D eigenvalue weighted by Crippen LogP contribution is 2.13. The first-order valence-corrected chi connectivity index (χ1v) is 5.76. The van der Waals surface area contributed by atoms with E-state index >= 15 is 0 Å². The fourth-order valence-electron chi connectivity index (χ4n) is 1.23. The molecule has 0 aliphatic heterocycles. The molecular weight excluding hydrogens is 272 g/mol. The summed E-state index contributed by atoms with van der Waals surface area (Å²) in [5, 5.41) is 11.5. The third kappa shape index (κ3) is 4.74. The van der Waals surface area contributed by atoms with E-state index in [0.717, 1.165) is 10.2 Å². The molecule has 0 radical (unpaired) electrons. The van der Waals surface area contributed by atoms with E-state index in [9.17, 15) is 4.79 Å². The van der Waals surface area contributed by atoms with Crippen LogP contribution in [0.25, 0.3) is 0 Å². The van der Waals surface area contributed by atoms with Crippen LogP contribution in [0.5, 0.6) is 0 Å². The number of aliphatic hydroxyl groups is 1. The first-order chi connectivity index (χ1) is 7.61. The average molecular weight is 287 g/mol. The van der Waals surface area contributed by atoms with E-state index in [1.165, 1.54) is 0 Å². The number of carbonyl (C=O) groups is 1. The number of likely N-dealkylation sites (N-methyl/N-ethyl adjacent to an activating group) is 1. The van der Waals surface area contributed by atoms with Gasteiger partial charge in [-0.25, -0.2) is 0 Å². The number of hydrogen-bond acceptors (Lipinski definition) is 3. The van der Waals surface area contributed by atoms with Crippen molar-refractivity contribution in [1.82, 2.24) is 4.90 Å². The lowest BCUT2D eigenvalue weighted by molar-refractivity contribution is -0.117. The lowest BCUT2D eigenvalue weighted by Gasteiger charge is -2.14. The molecule has 0 fully saturated rings. The number of rotatable bonds is 5. The van der Waals surface area contributed by atoms with Crippen molar-refractivity contribution in [2.24, 2.45) is 0 Å². The van der Waals surface area contributed by atoms with Crippen molar-refractivity contribution in [1.29, 1.82) is 0 Å². The molecule has 2 N–H and O–H groups in total. The van der Waals surface area contributed by atoms with Gasteiger partial charge in [0, 0.05) is 16.7 Å². The lowest BCUT2D eigenvalue weighted by atomic mass is 10.3. The van der Waals surface area contributed by atoms with Gasteiger partial charge in [0.1, 0.15) is 0 Å². The number of hydrogen-bond donors (Lipinski definition) is 2. The molecule has 0 heterocycles. The highest BCUT2D eigenvalue weighted by atomic mass is 79.9. The number of nitrogens with one attached hydrogen (secondary N) is 1. The van der Waals surface area contributed by atoms with Crippen molar-refractivity contribution >= 4 is 27.5 Å². The third-order valence-electron chi connectivity index (χ3n) is 2.02. The molecule has 0 unspecified atom stereocenters. The second kappa shape index (κ2) is 6.62. The molecule has 88 valence electrons. The first-order valence-electron chi connectivity index (χ1n) is 4.96. The topological polar surface area (TPSA) is 52.6 Å². The Morgan fingerprint density at radius 3 is 2.62 bits per heavy atom. The van der Waals surface area contributed by atoms with Gasteiger partial charge in [0.05, 0.1) is 13.2 Å². The minimum absolute atomic E-state index is 0.0576. The summed E-state index contributed by atoms with van der Waals surface area (Å²) in [5.41, 5.74) is 0.769. The molecule has 0 spiro atoms. The summed E-state index contributed by atoms with van der Waals surface area (Å²) in [7, 11) is 1.79. The summed E-state index contributed by atoms with van der Waals surface area (Å²) in [6.07, 6.45) is 0. The van der Waals surface area contributed by atoms with Crippen LogP contribution in [-0.4, -0.2) is 42.7 Å². The number of amides is 1. The van der Waals surface area contributed by atoms with Gasteiger partial charge in [-0.1, -0.05) is 15.9 Å². The maximum Gasteiger partial charge on any atom is 0.238 e. The first kappa shape index (κ1) is 13.2. The molecule has 1 aromatic rings. The van der Waals surface area contributed by atoms with Gasteiger partial charge in [-0.05, 0) is 31.3 Å². The van der Waals surface area contributed by atoms with E-state index in [-0.39, 0.29) is 19.1 Å². The van der Waals surface area contributed by atoms with Gasteiger partial charge in [0.2, 0.25) is 5.91 Å². The summed E-state index contributed by atoms with van der Waals surface area (Å²) in [6, 6.07) is 7.39. The summed E-state index contributed by atoms with van der Waals surface area (Å²) in [6.45, 7) is 0.826. The van der Waals surface area contributed by atoms with Crippen LogP contribution in [0.4, 0.5) is 5.69 Å². The molecule has 0 atom stereocenters. The largest absolute Gasteiger partial charge is 0.395 e. The number of benzene rings is 1. The predicted molar refractivity (Wildman–Crippen MR) is 67.4 cm³/mol. The Morgan fingerprint density at radius 2 is 2.06 bits per heavy atom. The Kier molecular flexibility index (Phi) is 5.45. The van der Waals surface area contributed by atoms with Gasteiger partial charge in [0.15, 0.2) is 0 Å². The molecule has 0 saturated heterocycles. The summed E-state index contributed by atoms with van der Waals surface area (Å²) in [5.74, 6) is -0.0849. The van der Waals surface area contributed by atoms with Crippen LogP contribution in [0.2, 0.25) is 0 Å². The molecule has 1 rings (SSSR count). The Hall–Kier alpha value is -0.910. The molecule has 0 bridgehead atoms. The quantitative estimate of drug-likeness (QED) is 0.858. The van der Waals surface area contributed by atoms with Crippen molar-refractivity contribution in [2.75, 3.05) is 32.1 Å². The van der Waals surface area contributed by atoms with Gasteiger partial charge < -0.3 is 10.4 Å². The monoisotopic (exact) mass is 286 g/mol. The molecular formula is C11H15BrN2O2. The van der Waals surface area contributed by atoms with Crippen LogP contribution >= 0.6 is 15.9 Å². The zero-order chi connectivity index (χ0) is 12.0. The van der Waals surface area contributed by atoms with Gasteiger partial charge in [-0.2, -0.15) is 0 Å². The second-order valence-electron chi connectivity index (χ2n) is 3.52. The van der Waals surface area contributed by atoms with Gasteiger partial charge >= 0.3 is 0 Å². The molecule has 0 aliphatic carbocycles. The van der Waals surface area contributed by atoms with E-state index in [4.69, 9.17) is 5.11 Å². The fraction of sp³-hybridized carbons (Fsp3) is 0.364. The highest BCUT2D eigenvalue weighted by molar-refractivity contribution is 9.10. The Labute approximate surface area is 103 Å². The van der Waals surface area contributed by atoms with Crippen molar-refractivity contribution in [3.05, 3.63) is 28.7 Å². The van der Waals surface area contributed by atoms with E-state index in [2.05, 4.69) is 21.2 Å². The fourth-order valence-corrected chi connectivity index (χ4v) is 1.49. The third-order valence-corrected chi connectivity index (χ3v) is 2.55. The molecule has 16 heavy (non-hydrogen) atoms. The van der Waals surface area contributed by atoms with Crippen molar-refractivity contribution in [3.63, 3.8) is 0 Å². The molecule has 1 amide bonds.